The van der Waals surface area contributed by atoms with Gasteiger partial charge in [0, 0.05) is 5.69 Å². The van der Waals surface area contributed by atoms with Gasteiger partial charge in [-0.25, -0.2) is 4.39 Å². The fraction of sp³-hybridized carbons (Fsp3) is 0.267. The second-order valence-electron chi connectivity index (χ2n) is 4.59. The molecule has 2 aromatic rings. The molecule has 0 saturated heterocycles. The van der Waals surface area contributed by atoms with Crippen molar-refractivity contribution in [3.05, 3.63) is 64.7 Å². The van der Waals surface area contributed by atoms with Crippen LogP contribution in [0.3, 0.4) is 0 Å². The average molecular weight is 244 g/mol. The summed E-state index contributed by atoms with van der Waals surface area (Å²) < 4.78 is 13.0. The Morgan fingerprint density at radius 2 is 2.00 bits per heavy atom. The minimum Gasteiger partial charge on any atom is -0.322 e. The van der Waals surface area contributed by atoms with E-state index in [2.05, 4.69) is 4.98 Å². The van der Waals surface area contributed by atoms with E-state index < -0.39 is 0 Å². The molecule has 18 heavy (non-hydrogen) atoms. The summed E-state index contributed by atoms with van der Waals surface area (Å²) >= 11 is 0. The van der Waals surface area contributed by atoms with Crippen molar-refractivity contribution < 1.29 is 4.39 Å². The van der Waals surface area contributed by atoms with Gasteiger partial charge in [-0.05, 0) is 55.7 Å². The lowest BCUT2D eigenvalue weighted by molar-refractivity contribution is 0.623. The maximum atomic E-state index is 13.0. The predicted molar refractivity (Wildman–Crippen MR) is 70.7 cm³/mol. The van der Waals surface area contributed by atoms with Crippen molar-refractivity contribution in [2.75, 3.05) is 0 Å². The van der Waals surface area contributed by atoms with E-state index >= 15 is 0 Å². The van der Waals surface area contributed by atoms with E-state index in [1.807, 2.05) is 32.0 Å². The normalized spacial score (nSPS) is 12.4. The molecule has 0 spiro atoms. The van der Waals surface area contributed by atoms with Gasteiger partial charge in [-0.1, -0.05) is 12.1 Å². The Hall–Kier alpha value is -1.74. The summed E-state index contributed by atoms with van der Waals surface area (Å²) in [6, 6.07) is 10.5. The van der Waals surface area contributed by atoms with Gasteiger partial charge in [0.2, 0.25) is 0 Å². The molecule has 1 aromatic carbocycles. The van der Waals surface area contributed by atoms with E-state index in [1.54, 1.807) is 6.07 Å². The summed E-state index contributed by atoms with van der Waals surface area (Å²) in [6.07, 6.45) is 0.669. The first kappa shape index (κ1) is 12.7. The predicted octanol–water partition coefficient (Wildman–Crippen LogP) is 3.08. The van der Waals surface area contributed by atoms with Crippen LogP contribution in [-0.2, 0) is 6.42 Å². The van der Waals surface area contributed by atoms with Crippen LogP contribution in [0.25, 0.3) is 0 Å². The fourth-order valence-electron chi connectivity index (χ4n) is 2.00. The van der Waals surface area contributed by atoms with Crippen LogP contribution in [0.5, 0.6) is 0 Å². The van der Waals surface area contributed by atoms with Gasteiger partial charge in [0.25, 0.3) is 0 Å². The smallest absolute Gasteiger partial charge is 0.123 e. The van der Waals surface area contributed by atoms with Gasteiger partial charge in [0.15, 0.2) is 0 Å². The van der Waals surface area contributed by atoms with Gasteiger partial charge in [0.05, 0.1) is 11.7 Å². The van der Waals surface area contributed by atoms with Gasteiger partial charge in [0.1, 0.15) is 5.82 Å². The highest BCUT2D eigenvalue weighted by molar-refractivity contribution is 5.28. The Kier molecular flexibility index (Phi) is 3.72. The Bertz CT molecular complexity index is 552. The molecule has 1 unspecified atom stereocenters. The van der Waals surface area contributed by atoms with Crippen LogP contribution in [-0.4, -0.2) is 4.98 Å². The largest absolute Gasteiger partial charge is 0.322 e. The number of halogens is 1. The van der Waals surface area contributed by atoms with Gasteiger partial charge in [-0.3, -0.25) is 4.98 Å². The first-order valence-electron chi connectivity index (χ1n) is 6.00. The van der Waals surface area contributed by atoms with E-state index in [9.17, 15) is 4.39 Å². The Morgan fingerprint density at radius 1 is 1.22 bits per heavy atom. The molecular formula is C15H17FN2. The first-order chi connectivity index (χ1) is 8.56. The number of hydrogen-bond donors (Lipinski definition) is 1. The van der Waals surface area contributed by atoms with E-state index in [0.717, 1.165) is 22.5 Å². The zero-order valence-electron chi connectivity index (χ0n) is 10.7. The molecule has 0 aliphatic heterocycles. The van der Waals surface area contributed by atoms with Crippen LogP contribution in [0.15, 0.2) is 36.4 Å². The maximum Gasteiger partial charge on any atom is 0.123 e. The Balaban J connectivity index is 2.18. The van der Waals surface area contributed by atoms with Crippen LogP contribution < -0.4 is 5.73 Å². The third kappa shape index (κ3) is 2.93. The zero-order chi connectivity index (χ0) is 13.1. The van der Waals surface area contributed by atoms with Crippen molar-refractivity contribution in [3.63, 3.8) is 0 Å². The quantitative estimate of drug-likeness (QED) is 0.901. The Labute approximate surface area is 107 Å². The second kappa shape index (κ2) is 5.27. The molecule has 0 aliphatic carbocycles. The summed E-state index contributed by atoms with van der Waals surface area (Å²) in [4.78, 5) is 4.42. The minimum absolute atomic E-state index is 0.158. The van der Waals surface area contributed by atoms with Crippen LogP contribution in [0.1, 0.15) is 28.6 Å². The van der Waals surface area contributed by atoms with Crippen LogP contribution in [0, 0.1) is 19.7 Å². The first-order valence-corrected chi connectivity index (χ1v) is 6.00. The van der Waals surface area contributed by atoms with E-state index in [0.29, 0.717) is 6.42 Å². The van der Waals surface area contributed by atoms with Crippen molar-refractivity contribution in [3.8, 4) is 0 Å². The third-order valence-corrected chi connectivity index (χ3v) is 3.03. The molecule has 1 atom stereocenters. The van der Waals surface area contributed by atoms with Gasteiger partial charge in [-0.15, -0.1) is 0 Å². The van der Waals surface area contributed by atoms with Crippen LogP contribution >= 0.6 is 0 Å². The van der Waals surface area contributed by atoms with Crippen molar-refractivity contribution in [1.82, 2.24) is 4.98 Å². The number of nitrogens with two attached hydrogens (primary N) is 1. The number of hydrogen-bond acceptors (Lipinski definition) is 2. The van der Waals surface area contributed by atoms with Crippen molar-refractivity contribution >= 4 is 0 Å². The number of nitrogens with zero attached hydrogens (tertiary/aromatic N) is 1. The molecule has 3 heteroatoms. The van der Waals surface area contributed by atoms with E-state index in [1.165, 1.54) is 12.1 Å². The van der Waals surface area contributed by atoms with E-state index in [4.69, 9.17) is 5.73 Å². The number of pyridine rings is 1. The lowest BCUT2D eigenvalue weighted by atomic mass is 9.99. The molecule has 0 saturated carbocycles. The molecular weight excluding hydrogens is 227 g/mol. The van der Waals surface area contributed by atoms with Crippen molar-refractivity contribution in [1.29, 1.82) is 0 Å². The highest BCUT2D eigenvalue weighted by atomic mass is 19.1. The van der Waals surface area contributed by atoms with E-state index in [-0.39, 0.29) is 11.9 Å². The fourth-order valence-corrected chi connectivity index (χ4v) is 2.00. The molecule has 94 valence electrons. The SMILES string of the molecule is Cc1cccc(C(N)Cc2ccc(F)cc2C)n1. The Morgan fingerprint density at radius 3 is 2.67 bits per heavy atom. The molecule has 0 fully saturated rings. The number of benzene rings is 1. The highest BCUT2D eigenvalue weighted by Crippen LogP contribution is 2.18. The molecule has 2 N–H and O–H groups in total. The second-order valence-corrected chi connectivity index (χ2v) is 4.59. The van der Waals surface area contributed by atoms with Crippen molar-refractivity contribution in [2.24, 2.45) is 5.73 Å². The average Bonchev–Trinajstić information content (AvgIpc) is 2.32. The summed E-state index contributed by atoms with van der Waals surface area (Å²) in [5.41, 5.74) is 9.97. The monoisotopic (exact) mass is 244 g/mol. The molecule has 0 radical (unpaired) electrons. The minimum atomic E-state index is -0.210. The standard InChI is InChI=1S/C15H17FN2/c1-10-8-13(16)7-6-12(10)9-14(17)15-5-3-4-11(2)18-15/h3-8,14H,9,17H2,1-2H3. The summed E-state index contributed by atoms with van der Waals surface area (Å²) in [5, 5.41) is 0. The third-order valence-electron chi connectivity index (χ3n) is 3.03. The molecule has 0 aliphatic rings. The van der Waals surface area contributed by atoms with Crippen molar-refractivity contribution in [2.45, 2.75) is 26.3 Å². The summed E-state index contributed by atoms with van der Waals surface area (Å²) in [5.74, 6) is -0.210. The summed E-state index contributed by atoms with van der Waals surface area (Å²) in [7, 11) is 0. The zero-order valence-corrected chi connectivity index (χ0v) is 10.7. The molecule has 0 bridgehead atoms. The van der Waals surface area contributed by atoms with Gasteiger partial charge >= 0.3 is 0 Å². The summed E-state index contributed by atoms with van der Waals surface area (Å²) in [6.45, 7) is 3.84. The molecule has 1 aromatic heterocycles. The lowest BCUT2D eigenvalue weighted by Crippen LogP contribution is -2.15. The molecule has 1 heterocycles. The lowest BCUT2D eigenvalue weighted by Gasteiger charge is -2.13. The number of rotatable bonds is 3. The number of aryl methyl sites for hydroxylation is 2. The van der Waals surface area contributed by atoms with Crippen LogP contribution in [0.2, 0.25) is 0 Å². The molecule has 2 nitrogen and oxygen atoms in total. The van der Waals surface area contributed by atoms with Gasteiger partial charge in [-0.2, -0.15) is 0 Å². The topological polar surface area (TPSA) is 38.9 Å². The molecule has 0 amide bonds. The number of aromatic nitrogens is 1. The van der Waals surface area contributed by atoms with Gasteiger partial charge < -0.3 is 5.73 Å². The maximum absolute atomic E-state index is 13.0. The molecule has 2 rings (SSSR count). The highest BCUT2D eigenvalue weighted by Gasteiger charge is 2.10. The van der Waals surface area contributed by atoms with Crippen LogP contribution in [0.4, 0.5) is 4.39 Å².